The molecule has 18 heavy (non-hydrogen) atoms. The van der Waals surface area contributed by atoms with Crippen LogP contribution in [0.2, 0.25) is 0 Å². The van der Waals surface area contributed by atoms with Gasteiger partial charge >= 0.3 is 0 Å². The molecule has 1 aliphatic heterocycles. The first-order chi connectivity index (χ1) is 8.65. The molecule has 1 N–H and O–H groups in total. The van der Waals surface area contributed by atoms with E-state index >= 15 is 0 Å². The summed E-state index contributed by atoms with van der Waals surface area (Å²) in [4.78, 5) is 25.1. The van der Waals surface area contributed by atoms with Gasteiger partial charge in [-0.3, -0.25) is 9.59 Å². The van der Waals surface area contributed by atoms with Gasteiger partial charge < -0.3 is 10.2 Å². The van der Waals surface area contributed by atoms with E-state index in [0.717, 1.165) is 11.1 Å². The molecule has 0 aromatic heterocycles. The normalized spacial score (nSPS) is 16.1. The minimum atomic E-state index is 0.0286. The smallest absolute Gasteiger partial charge is 0.227 e. The molecule has 0 bridgehead atoms. The first-order valence-electron chi connectivity index (χ1n) is 6.25. The number of hydrogen-bond donors (Lipinski definition) is 1. The molecule has 0 aliphatic carbocycles. The summed E-state index contributed by atoms with van der Waals surface area (Å²) in [7, 11) is 0. The van der Waals surface area contributed by atoms with Crippen LogP contribution in [-0.4, -0.2) is 36.3 Å². The van der Waals surface area contributed by atoms with E-state index < -0.39 is 0 Å². The molecule has 1 saturated heterocycles. The molecule has 0 unspecified atom stereocenters. The summed E-state index contributed by atoms with van der Waals surface area (Å²) in [5.41, 5.74) is 2.19. The van der Waals surface area contributed by atoms with Gasteiger partial charge in [-0.1, -0.05) is 29.8 Å². The maximum absolute atomic E-state index is 12.1. The van der Waals surface area contributed by atoms with Gasteiger partial charge in [0.1, 0.15) is 0 Å². The summed E-state index contributed by atoms with van der Waals surface area (Å²) in [6, 6.07) is 7.97. The van der Waals surface area contributed by atoms with Crippen LogP contribution >= 0.6 is 0 Å². The number of benzene rings is 1. The average Bonchev–Trinajstić information content (AvgIpc) is 2.54. The number of carbonyl (C=O) groups excluding carboxylic acids is 2. The van der Waals surface area contributed by atoms with Crippen molar-refractivity contribution in [2.24, 2.45) is 0 Å². The van der Waals surface area contributed by atoms with Gasteiger partial charge in [0.15, 0.2) is 0 Å². The maximum atomic E-state index is 12.1. The summed E-state index contributed by atoms with van der Waals surface area (Å²) >= 11 is 0. The van der Waals surface area contributed by atoms with Gasteiger partial charge in [-0.2, -0.15) is 0 Å². The van der Waals surface area contributed by atoms with Crippen LogP contribution in [0.5, 0.6) is 0 Å². The molecule has 0 saturated carbocycles. The van der Waals surface area contributed by atoms with E-state index in [1.165, 1.54) is 0 Å². The molecule has 4 nitrogen and oxygen atoms in total. The highest BCUT2D eigenvalue weighted by Crippen LogP contribution is 2.07. The molecule has 0 atom stereocenters. The van der Waals surface area contributed by atoms with Gasteiger partial charge in [-0.15, -0.1) is 0 Å². The molecule has 1 aromatic carbocycles. The predicted octanol–water partition coefficient (Wildman–Crippen LogP) is 0.886. The summed E-state index contributed by atoms with van der Waals surface area (Å²) in [6.07, 6.45) is 0.815. The Labute approximate surface area is 107 Å². The molecular formula is C14H18N2O2. The highest BCUT2D eigenvalue weighted by atomic mass is 16.2. The van der Waals surface area contributed by atoms with Crippen molar-refractivity contribution in [3.8, 4) is 0 Å². The third-order valence-electron chi connectivity index (χ3n) is 3.10. The third kappa shape index (κ3) is 3.32. The molecule has 2 amide bonds. The van der Waals surface area contributed by atoms with Crippen LogP contribution in [0.4, 0.5) is 0 Å². The fourth-order valence-corrected chi connectivity index (χ4v) is 2.12. The Morgan fingerprint density at radius 2 is 2.22 bits per heavy atom. The van der Waals surface area contributed by atoms with Gasteiger partial charge in [-0.25, -0.2) is 0 Å². The Morgan fingerprint density at radius 3 is 3.00 bits per heavy atom. The highest BCUT2D eigenvalue weighted by molar-refractivity contribution is 5.81. The number of amides is 2. The van der Waals surface area contributed by atoms with Gasteiger partial charge in [0.25, 0.3) is 0 Å². The first kappa shape index (κ1) is 12.6. The van der Waals surface area contributed by atoms with Gasteiger partial charge in [0.05, 0.1) is 6.42 Å². The molecule has 1 aliphatic rings. The van der Waals surface area contributed by atoms with Gasteiger partial charge in [0.2, 0.25) is 11.8 Å². The summed E-state index contributed by atoms with van der Waals surface area (Å²) in [5, 5.41) is 2.77. The van der Waals surface area contributed by atoms with E-state index in [1.54, 1.807) is 4.90 Å². The van der Waals surface area contributed by atoms with E-state index in [2.05, 4.69) is 5.32 Å². The summed E-state index contributed by atoms with van der Waals surface area (Å²) < 4.78 is 0. The van der Waals surface area contributed by atoms with Crippen LogP contribution in [-0.2, 0) is 16.0 Å². The van der Waals surface area contributed by atoms with Crippen molar-refractivity contribution in [2.45, 2.75) is 19.8 Å². The second-order valence-corrected chi connectivity index (χ2v) is 4.65. The molecule has 2 rings (SSSR count). The molecule has 1 heterocycles. The van der Waals surface area contributed by atoms with E-state index in [9.17, 15) is 9.59 Å². The molecular weight excluding hydrogens is 228 g/mol. The molecule has 96 valence electrons. The van der Waals surface area contributed by atoms with Crippen molar-refractivity contribution < 1.29 is 9.59 Å². The number of carbonyl (C=O) groups is 2. The van der Waals surface area contributed by atoms with Gasteiger partial charge in [-0.05, 0) is 12.5 Å². The lowest BCUT2D eigenvalue weighted by Crippen LogP contribution is -2.35. The average molecular weight is 246 g/mol. The third-order valence-corrected chi connectivity index (χ3v) is 3.10. The number of nitrogens with zero attached hydrogens (tertiary/aromatic N) is 1. The molecule has 0 spiro atoms. The molecule has 4 heteroatoms. The largest absolute Gasteiger partial charge is 0.354 e. The van der Waals surface area contributed by atoms with Crippen LogP contribution in [0.1, 0.15) is 17.5 Å². The zero-order valence-electron chi connectivity index (χ0n) is 10.6. The minimum absolute atomic E-state index is 0.0286. The second kappa shape index (κ2) is 5.67. The summed E-state index contributed by atoms with van der Waals surface area (Å²) in [6.45, 7) is 3.70. The van der Waals surface area contributed by atoms with E-state index in [1.807, 2.05) is 31.2 Å². The zero-order valence-corrected chi connectivity index (χ0v) is 10.6. The molecule has 0 radical (unpaired) electrons. The standard InChI is InChI=1S/C14H18N2O2/c1-11-3-2-4-12(9-11)10-14(18)16-7-5-13(17)15-6-8-16/h2-4,9H,5-8,10H2,1H3,(H,15,17). The lowest BCUT2D eigenvalue weighted by molar-refractivity contribution is -0.130. The Morgan fingerprint density at radius 1 is 1.39 bits per heavy atom. The predicted molar refractivity (Wildman–Crippen MR) is 69.1 cm³/mol. The summed E-state index contributed by atoms with van der Waals surface area (Å²) in [5.74, 6) is 0.123. The maximum Gasteiger partial charge on any atom is 0.227 e. The zero-order chi connectivity index (χ0) is 13.0. The molecule has 1 aromatic rings. The fourth-order valence-electron chi connectivity index (χ4n) is 2.12. The van der Waals surface area contributed by atoms with Crippen LogP contribution in [0.25, 0.3) is 0 Å². The Hall–Kier alpha value is -1.84. The van der Waals surface area contributed by atoms with Crippen molar-refractivity contribution >= 4 is 11.8 Å². The lowest BCUT2D eigenvalue weighted by atomic mass is 10.1. The number of rotatable bonds is 2. The van der Waals surface area contributed by atoms with Crippen molar-refractivity contribution in [1.82, 2.24) is 10.2 Å². The minimum Gasteiger partial charge on any atom is -0.354 e. The Kier molecular flexibility index (Phi) is 3.97. The van der Waals surface area contributed by atoms with E-state index in [4.69, 9.17) is 0 Å². The van der Waals surface area contributed by atoms with Crippen LogP contribution in [0.3, 0.4) is 0 Å². The number of nitrogens with one attached hydrogen (secondary N) is 1. The first-order valence-corrected chi connectivity index (χ1v) is 6.25. The fraction of sp³-hybridized carbons (Fsp3) is 0.429. The van der Waals surface area contributed by atoms with E-state index in [-0.39, 0.29) is 11.8 Å². The number of hydrogen-bond acceptors (Lipinski definition) is 2. The van der Waals surface area contributed by atoms with Crippen molar-refractivity contribution in [1.29, 1.82) is 0 Å². The second-order valence-electron chi connectivity index (χ2n) is 4.65. The Bertz CT molecular complexity index is 457. The van der Waals surface area contributed by atoms with E-state index in [0.29, 0.717) is 32.5 Å². The monoisotopic (exact) mass is 246 g/mol. The lowest BCUT2D eigenvalue weighted by Gasteiger charge is -2.19. The Balaban J connectivity index is 1.97. The SMILES string of the molecule is Cc1cccc(CC(=O)N2CCNC(=O)CC2)c1. The van der Waals surface area contributed by atoms with Crippen molar-refractivity contribution in [3.63, 3.8) is 0 Å². The quantitative estimate of drug-likeness (QED) is 0.842. The van der Waals surface area contributed by atoms with Crippen LogP contribution < -0.4 is 5.32 Å². The molecule has 1 fully saturated rings. The topological polar surface area (TPSA) is 49.4 Å². The van der Waals surface area contributed by atoms with Crippen LogP contribution in [0, 0.1) is 6.92 Å². The highest BCUT2D eigenvalue weighted by Gasteiger charge is 2.18. The van der Waals surface area contributed by atoms with Crippen molar-refractivity contribution in [3.05, 3.63) is 35.4 Å². The van der Waals surface area contributed by atoms with Crippen LogP contribution in [0.15, 0.2) is 24.3 Å². The van der Waals surface area contributed by atoms with Gasteiger partial charge in [0, 0.05) is 26.1 Å². The van der Waals surface area contributed by atoms with Crippen molar-refractivity contribution in [2.75, 3.05) is 19.6 Å². The number of aryl methyl sites for hydroxylation is 1.